The van der Waals surface area contributed by atoms with E-state index in [9.17, 15) is 9.59 Å². The first-order valence-corrected chi connectivity index (χ1v) is 8.52. The summed E-state index contributed by atoms with van der Waals surface area (Å²) in [7, 11) is 0. The third-order valence-corrected chi connectivity index (χ3v) is 4.08. The van der Waals surface area contributed by atoms with Crippen LogP contribution in [0.1, 0.15) is 16.1 Å². The van der Waals surface area contributed by atoms with Crippen LogP contribution < -0.4 is 5.32 Å². The molecule has 0 atom stereocenters. The summed E-state index contributed by atoms with van der Waals surface area (Å²) in [5.74, 6) is -0.596. The molecular weight excluding hydrogens is 340 g/mol. The highest BCUT2D eigenvalue weighted by Gasteiger charge is 2.11. The van der Waals surface area contributed by atoms with Crippen molar-refractivity contribution in [1.82, 2.24) is 14.8 Å². The van der Waals surface area contributed by atoms with E-state index in [1.807, 2.05) is 12.1 Å². The zero-order valence-corrected chi connectivity index (χ0v) is 14.1. The van der Waals surface area contributed by atoms with Crippen molar-refractivity contribution in [3.8, 4) is 0 Å². The van der Waals surface area contributed by atoms with Crippen LogP contribution >= 0.6 is 11.3 Å². The van der Waals surface area contributed by atoms with Gasteiger partial charge in [0.1, 0.15) is 6.61 Å². The number of benzene rings is 1. The Bertz CT molecular complexity index is 831. The molecule has 0 spiro atoms. The van der Waals surface area contributed by atoms with Crippen molar-refractivity contribution in [3.05, 3.63) is 65.4 Å². The van der Waals surface area contributed by atoms with Gasteiger partial charge in [0.15, 0.2) is 5.13 Å². The largest absolute Gasteiger partial charge is 0.463 e. The molecule has 0 bridgehead atoms. The summed E-state index contributed by atoms with van der Waals surface area (Å²) in [4.78, 5) is 28.1. The maximum atomic E-state index is 12.1. The number of thiazole rings is 1. The van der Waals surface area contributed by atoms with E-state index in [0.717, 1.165) is 0 Å². The summed E-state index contributed by atoms with van der Waals surface area (Å²) < 4.78 is 6.84. The fourth-order valence-corrected chi connectivity index (χ4v) is 2.79. The van der Waals surface area contributed by atoms with E-state index in [-0.39, 0.29) is 24.9 Å². The van der Waals surface area contributed by atoms with Crippen LogP contribution in [-0.2, 0) is 22.5 Å². The highest BCUT2D eigenvalue weighted by Crippen LogP contribution is 2.17. The molecule has 0 fully saturated rings. The normalized spacial score (nSPS) is 10.4. The first-order valence-electron chi connectivity index (χ1n) is 7.64. The lowest BCUT2D eigenvalue weighted by molar-refractivity contribution is -0.143. The van der Waals surface area contributed by atoms with Gasteiger partial charge in [-0.15, -0.1) is 11.3 Å². The predicted octanol–water partition coefficient (Wildman–Crippen LogP) is 2.38. The van der Waals surface area contributed by atoms with Gasteiger partial charge in [-0.2, -0.15) is 5.10 Å². The van der Waals surface area contributed by atoms with Gasteiger partial charge in [0.2, 0.25) is 0 Å². The van der Waals surface area contributed by atoms with E-state index in [2.05, 4.69) is 15.4 Å². The first kappa shape index (κ1) is 16.8. The molecule has 0 aliphatic heterocycles. The maximum absolute atomic E-state index is 12.1. The van der Waals surface area contributed by atoms with Gasteiger partial charge in [0.25, 0.3) is 5.91 Å². The second kappa shape index (κ2) is 8.20. The second-order valence-electron chi connectivity index (χ2n) is 5.13. The van der Waals surface area contributed by atoms with Crippen molar-refractivity contribution in [1.29, 1.82) is 0 Å². The molecule has 3 aromatic rings. The Hall–Kier alpha value is -3.00. The van der Waals surface area contributed by atoms with Crippen molar-refractivity contribution in [3.63, 3.8) is 0 Å². The fraction of sp³-hybridized carbons (Fsp3) is 0.176. The Morgan fingerprint density at radius 1 is 1.20 bits per heavy atom. The number of ether oxygens (including phenoxy) is 1. The highest BCUT2D eigenvalue weighted by atomic mass is 32.1. The van der Waals surface area contributed by atoms with E-state index in [1.54, 1.807) is 46.7 Å². The quantitative estimate of drug-likeness (QED) is 0.657. The Labute approximate surface area is 148 Å². The summed E-state index contributed by atoms with van der Waals surface area (Å²) in [5.41, 5.74) is 1.12. The summed E-state index contributed by atoms with van der Waals surface area (Å²) in [6.07, 6.45) is 3.54. The van der Waals surface area contributed by atoms with Crippen LogP contribution in [0.15, 0.2) is 54.2 Å². The van der Waals surface area contributed by atoms with Gasteiger partial charge in [-0.05, 0) is 18.2 Å². The Kier molecular flexibility index (Phi) is 5.53. The Balaban J connectivity index is 1.46. The average Bonchev–Trinajstić information content (AvgIpc) is 3.28. The number of hydrogen-bond acceptors (Lipinski definition) is 6. The van der Waals surface area contributed by atoms with Crippen molar-refractivity contribution < 1.29 is 14.3 Å². The van der Waals surface area contributed by atoms with Crippen LogP contribution in [0.25, 0.3) is 0 Å². The van der Waals surface area contributed by atoms with Crippen molar-refractivity contribution >= 4 is 28.3 Å². The number of rotatable bonds is 7. The Morgan fingerprint density at radius 2 is 2.04 bits per heavy atom. The average molecular weight is 356 g/mol. The first-order chi connectivity index (χ1) is 12.2. The van der Waals surface area contributed by atoms with E-state index in [0.29, 0.717) is 22.9 Å². The smallest absolute Gasteiger partial charge is 0.311 e. The number of carbonyl (C=O) groups is 2. The van der Waals surface area contributed by atoms with Crippen molar-refractivity contribution in [2.45, 2.75) is 13.0 Å². The molecule has 0 aliphatic rings. The van der Waals surface area contributed by atoms with Crippen LogP contribution in [0.5, 0.6) is 0 Å². The van der Waals surface area contributed by atoms with Gasteiger partial charge in [-0.1, -0.05) is 18.2 Å². The molecule has 0 saturated heterocycles. The molecule has 1 amide bonds. The number of aromatic nitrogens is 3. The minimum absolute atomic E-state index is 0.0663. The lowest BCUT2D eigenvalue weighted by atomic mass is 10.2. The highest BCUT2D eigenvalue weighted by molar-refractivity contribution is 7.14. The standard InChI is InChI=1S/C17H16N4O3S/c22-15(24-10-9-21-8-4-7-18-21)11-14-12-25-17(19-14)20-16(23)13-5-2-1-3-6-13/h1-8,12H,9-11H2,(H,19,20,23). The van der Waals surface area contributed by atoms with E-state index in [1.165, 1.54) is 11.3 Å². The second-order valence-corrected chi connectivity index (χ2v) is 5.99. The number of carbonyl (C=O) groups excluding carboxylic acids is 2. The number of amides is 1. The molecule has 0 unspecified atom stereocenters. The SMILES string of the molecule is O=C(Cc1csc(NC(=O)c2ccccc2)n1)OCCn1cccn1. The minimum atomic E-state index is -0.363. The number of hydrogen-bond donors (Lipinski definition) is 1. The molecule has 1 N–H and O–H groups in total. The van der Waals surface area contributed by atoms with Crippen molar-refractivity contribution in [2.24, 2.45) is 0 Å². The molecule has 2 aromatic heterocycles. The molecule has 3 rings (SSSR count). The van der Waals surface area contributed by atoms with Gasteiger partial charge in [-0.3, -0.25) is 19.6 Å². The van der Waals surface area contributed by atoms with Crippen LogP contribution in [0.2, 0.25) is 0 Å². The van der Waals surface area contributed by atoms with E-state index < -0.39 is 0 Å². The van der Waals surface area contributed by atoms with Crippen LogP contribution in [0.4, 0.5) is 5.13 Å². The molecule has 7 nitrogen and oxygen atoms in total. The van der Waals surface area contributed by atoms with Crippen LogP contribution in [0.3, 0.4) is 0 Å². The van der Waals surface area contributed by atoms with Crippen molar-refractivity contribution in [2.75, 3.05) is 11.9 Å². The maximum Gasteiger partial charge on any atom is 0.311 e. The zero-order valence-electron chi connectivity index (χ0n) is 13.3. The third kappa shape index (κ3) is 4.98. The summed E-state index contributed by atoms with van der Waals surface area (Å²) in [6.45, 7) is 0.760. The molecule has 0 saturated carbocycles. The lowest BCUT2D eigenvalue weighted by Gasteiger charge is -2.04. The van der Waals surface area contributed by atoms with Crippen LogP contribution in [-0.4, -0.2) is 33.2 Å². The zero-order chi connectivity index (χ0) is 17.5. The number of nitrogens with zero attached hydrogens (tertiary/aromatic N) is 3. The van der Waals surface area contributed by atoms with Gasteiger partial charge >= 0.3 is 5.97 Å². The minimum Gasteiger partial charge on any atom is -0.463 e. The lowest BCUT2D eigenvalue weighted by Crippen LogP contribution is -2.14. The number of anilines is 1. The summed E-state index contributed by atoms with van der Waals surface area (Å²) in [5, 5.41) is 8.93. The third-order valence-electron chi connectivity index (χ3n) is 3.28. The molecule has 25 heavy (non-hydrogen) atoms. The molecule has 128 valence electrons. The Morgan fingerprint density at radius 3 is 2.80 bits per heavy atom. The van der Waals surface area contributed by atoms with Crippen LogP contribution in [0, 0.1) is 0 Å². The number of nitrogens with one attached hydrogen (secondary N) is 1. The number of esters is 1. The molecule has 1 aromatic carbocycles. The van der Waals surface area contributed by atoms with Gasteiger partial charge in [-0.25, -0.2) is 4.98 Å². The molecule has 0 radical (unpaired) electrons. The molecular formula is C17H16N4O3S. The molecule has 0 aliphatic carbocycles. The van der Waals surface area contributed by atoms with E-state index >= 15 is 0 Å². The summed E-state index contributed by atoms with van der Waals surface area (Å²) in [6, 6.07) is 10.7. The predicted molar refractivity (Wildman–Crippen MR) is 93.4 cm³/mol. The molecule has 2 heterocycles. The topological polar surface area (TPSA) is 86.1 Å². The fourth-order valence-electron chi connectivity index (χ4n) is 2.09. The van der Waals surface area contributed by atoms with Gasteiger partial charge in [0, 0.05) is 23.3 Å². The molecule has 8 heteroatoms. The van der Waals surface area contributed by atoms with Gasteiger partial charge < -0.3 is 4.74 Å². The van der Waals surface area contributed by atoms with E-state index in [4.69, 9.17) is 4.74 Å². The summed E-state index contributed by atoms with van der Waals surface area (Å²) >= 11 is 1.27. The van der Waals surface area contributed by atoms with Gasteiger partial charge in [0.05, 0.1) is 18.7 Å². The monoisotopic (exact) mass is 356 g/mol.